The number of hydrogen-bond acceptors (Lipinski definition) is 2. The van der Waals surface area contributed by atoms with Crippen molar-refractivity contribution in [2.24, 2.45) is 5.41 Å². The molecule has 11 heavy (non-hydrogen) atoms. The van der Waals surface area contributed by atoms with E-state index in [0.29, 0.717) is 5.41 Å². The van der Waals surface area contributed by atoms with E-state index in [0.717, 1.165) is 6.54 Å². The fourth-order valence-electron chi connectivity index (χ4n) is 0.949. The fraction of sp³-hybridized carbons (Fsp3) is 1.00. The maximum Gasteiger partial charge on any atom is 0.00239 e. The van der Waals surface area contributed by atoms with Crippen LogP contribution in [0.5, 0.6) is 0 Å². The Hall–Kier alpha value is -0.0800. The molecule has 0 bridgehead atoms. The minimum Gasteiger partial charge on any atom is -0.323 e. The van der Waals surface area contributed by atoms with Crippen LogP contribution in [0.3, 0.4) is 0 Å². The molecule has 0 spiro atoms. The average Bonchev–Trinajstić information content (AvgIpc) is 1.57. The van der Waals surface area contributed by atoms with Crippen molar-refractivity contribution in [3.05, 3.63) is 0 Å². The minimum atomic E-state index is 0.448. The van der Waals surface area contributed by atoms with Crippen molar-refractivity contribution in [3.8, 4) is 0 Å². The van der Waals surface area contributed by atoms with Crippen molar-refractivity contribution in [1.82, 2.24) is 10.2 Å². The summed E-state index contributed by atoms with van der Waals surface area (Å²) in [5.41, 5.74) is 0.448. The third kappa shape index (κ3) is 25.7. The highest BCUT2D eigenvalue weighted by molar-refractivity contribution is 4.63. The van der Waals surface area contributed by atoms with Gasteiger partial charge in [0.05, 0.1) is 0 Å². The van der Waals surface area contributed by atoms with E-state index in [2.05, 4.69) is 45.1 Å². The van der Waals surface area contributed by atoms with E-state index in [4.69, 9.17) is 0 Å². The van der Waals surface area contributed by atoms with Crippen LogP contribution in [-0.2, 0) is 0 Å². The van der Waals surface area contributed by atoms with Gasteiger partial charge in [-0.3, -0.25) is 0 Å². The Morgan fingerprint density at radius 2 is 1.36 bits per heavy atom. The molecule has 70 valence electrons. The van der Waals surface area contributed by atoms with E-state index in [1.54, 1.807) is 0 Å². The van der Waals surface area contributed by atoms with Crippen LogP contribution in [0.15, 0.2) is 0 Å². The molecule has 0 radical (unpaired) electrons. The summed E-state index contributed by atoms with van der Waals surface area (Å²) >= 11 is 0. The summed E-state index contributed by atoms with van der Waals surface area (Å²) in [6, 6.07) is 0. The van der Waals surface area contributed by atoms with Crippen molar-refractivity contribution < 1.29 is 0 Å². The molecule has 0 aromatic carbocycles. The van der Waals surface area contributed by atoms with Gasteiger partial charge in [-0.15, -0.1) is 0 Å². The standard InChI is InChI=1S/C7H17N.C2H7N/c1-7(2,3)6-8(4)5;1-3-2/h6H2,1-5H3;3H,1-2H3. The van der Waals surface area contributed by atoms with Crippen LogP contribution in [0.2, 0.25) is 0 Å². The van der Waals surface area contributed by atoms with Crippen molar-refractivity contribution >= 4 is 0 Å². The maximum atomic E-state index is 2.75. The van der Waals surface area contributed by atoms with E-state index >= 15 is 0 Å². The SMILES string of the molecule is CN(C)CC(C)(C)C.CNC. The predicted molar refractivity (Wildman–Crippen MR) is 53.0 cm³/mol. The topological polar surface area (TPSA) is 15.3 Å². The molecule has 2 nitrogen and oxygen atoms in total. The third-order valence-electron chi connectivity index (χ3n) is 0.791. The molecule has 0 rings (SSSR count). The molecule has 0 aliphatic carbocycles. The van der Waals surface area contributed by atoms with Gasteiger partial charge in [0.15, 0.2) is 0 Å². The molecule has 0 saturated carbocycles. The fourth-order valence-corrected chi connectivity index (χ4v) is 0.949. The molecule has 1 N–H and O–H groups in total. The Kier molecular flexibility index (Phi) is 8.13. The lowest BCUT2D eigenvalue weighted by Crippen LogP contribution is -2.25. The lowest BCUT2D eigenvalue weighted by atomic mass is 9.97. The van der Waals surface area contributed by atoms with E-state index in [9.17, 15) is 0 Å². The Labute approximate surface area is 72.0 Å². The van der Waals surface area contributed by atoms with Crippen LogP contribution in [0, 0.1) is 5.41 Å². The first-order valence-corrected chi connectivity index (χ1v) is 4.06. The lowest BCUT2D eigenvalue weighted by molar-refractivity contribution is 0.263. The molecular weight excluding hydrogens is 136 g/mol. The first kappa shape index (κ1) is 13.5. The van der Waals surface area contributed by atoms with Crippen molar-refractivity contribution in [2.75, 3.05) is 34.7 Å². The second-order valence-electron chi connectivity index (χ2n) is 4.30. The molecule has 0 saturated heterocycles. The molecule has 0 aromatic heterocycles. The summed E-state index contributed by atoms with van der Waals surface area (Å²) in [6.07, 6.45) is 0. The summed E-state index contributed by atoms with van der Waals surface area (Å²) in [5, 5.41) is 2.75. The number of nitrogens with one attached hydrogen (secondary N) is 1. The number of rotatable bonds is 1. The summed E-state index contributed by atoms with van der Waals surface area (Å²) in [6.45, 7) is 7.89. The van der Waals surface area contributed by atoms with Crippen LogP contribution in [0.1, 0.15) is 20.8 Å². The zero-order valence-corrected chi connectivity index (χ0v) is 9.15. The molecule has 0 unspecified atom stereocenters. The Bertz CT molecular complexity index is 72.1. The van der Waals surface area contributed by atoms with Gasteiger partial charge in [0.1, 0.15) is 0 Å². The zero-order chi connectivity index (χ0) is 9.49. The van der Waals surface area contributed by atoms with Crippen LogP contribution in [-0.4, -0.2) is 39.6 Å². The van der Waals surface area contributed by atoms with Crippen LogP contribution < -0.4 is 5.32 Å². The lowest BCUT2D eigenvalue weighted by Gasteiger charge is -2.22. The van der Waals surface area contributed by atoms with Gasteiger partial charge < -0.3 is 10.2 Å². The average molecular weight is 160 g/mol. The van der Waals surface area contributed by atoms with Crippen LogP contribution in [0.25, 0.3) is 0 Å². The second-order valence-corrected chi connectivity index (χ2v) is 4.30. The largest absolute Gasteiger partial charge is 0.323 e. The summed E-state index contributed by atoms with van der Waals surface area (Å²) < 4.78 is 0. The summed E-state index contributed by atoms with van der Waals surface area (Å²) in [4.78, 5) is 2.21. The highest BCUT2D eigenvalue weighted by Crippen LogP contribution is 2.12. The molecule has 0 heterocycles. The normalized spacial score (nSPS) is 10.9. The van der Waals surface area contributed by atoms with E-state index in [1.165, 1.54) is 0 Å². The van der Waals surface area contributed by atoms with Gasteiger partial charge in [0.25, 0.3) is 0 Å². The first-order valence-electron chi connectivity index (χ1n) is 4.06. The molecule has 0 aliphatic rings. The van der Waals surface area contributed by atoms with E-state index in [-0.39, 0.29) is 0 Å². The Balaban J connectivity index is 0. The molecule has 0 aliphatic heterocycles. The zero-order valence-electron chi connectivity index (χ0n) is 9.15. The second kappa shape index (κ2) is 6.62. The smallest absolute Gasteiger partial charge is 0.00239 e. The van der Waals surface area contributed by atoms with Crippen LogP contribution >= 0.6 is 0 Å². The molecule has 0 aromatic rings. The molecule has 0 atom stereocenters. The predicted octanol–water partition coefficient (Wildman–Crippen LogP) is 1.43. The van der Waals surface area contributed by atoms with Crippen LogP contribution in [0.4, 0.5) is 0 Å². The monoisotopic (exact) mass is 160 g/mol. The quantitative estimate of drug-likeness (QED) is 0.624. The van der Waals surface area contributed by atoms with Gasteiger partial charge in [-0.1, -0.05) is 20.8 Å². The highest BCUT2D eigenvalue weighted by Gasteiger charge is 2.09. The van der Waals surface area contributed by atoms with Gasteiger partial charge in [0.2, 0.25) is 0 Å². The van der Waals surface area contributed by atoms with Gasteiger partial charge in [-0.05, 0) is 33.6 Å². The Morgan fingerprint density at radius 3 is 1.36 bits per heavy atom. The molecule has 2 heteroatoms. The number of nitrogens with zero attached hydrogens (tertiary/aromatic N) is 1. The third-order valence-corrected chi connectivity index (χ3v) is 0.791. The first-order chi connectivity index (χ1) is 4.83. The van der Waals surface area contributed by atoms with Gasteiger partial charge >= 0.3 is 0 Å². The summed E-state index contributed by atoms with van der Waals surface area (Å²) in [5.74, 6) is 0. The van der Waals surface area contributed by atoms with E-state index < -0.39 is 0 Å². The van der Waals surface area contributed by atoms with Gasteiger partial charge in [0, 0.05) is 6.54 Å². The van der Waals surface area contributed by atoms with E-state index in [1.807, 2.05) is 14.1 Å². The molecule has 0 amide bonds. The summed E-state index contributed by atoms with van der Waals surface area (Å²) in [7, 11) is 7.95. The van der Waals surface area contributed by atoms with Crippen molar-refractivity contribution in [1.29, 1.82) is 0 Å². The van der Waals surface area contributed by atoms with Crippen molar-refractivity contribution in [3.63, 3.8) is 0 Å². The number of hydrogen-bond donors (Lipinski definition) is 1. The van der Waals surface area contributed by atoms with Gasteiger partial charge in [-0.25, -0.2) is 0 Å². The van der Waals surface area contributed by atoms with Crippen molar-refractivity contribution in [2.45, 2.75) is 20.8 Å². The Morgan fingerprint density at radius 1 is 1.09 bits per heavy atom. The maximum absolute atomic E-state index is 2.75. The molecular formula is C9H24N2. The highest BCUT2D eigenvalue weighted by atomic mass is 15.1. The van der Waals surface area contributed by atoms with Gasteiger partial charge in [-0.2, -0.15) is 0 Å². The molecule has 0 fully saturated rings. The minimum absolute atomic E-state index is 0.448.